The van der Waals surface area contributed by atoms with E-state index >= 15 is 0 Å². The third kappa shape index (κ3) is 5.09. The molecule has 0 fully saturated rings. The van der Waals surface area contributed by atoms with Crippen LogP contribution in [0.1, 0.15) is 5.56 Å². The van der Waals surface area contributed by atoms with Crippen LogP contribution < -0.4 is 0 Å². The summed E-state index contributed by atoms with van der Waals surface area (Å²) in [6.45, 7) is 0.398. The van der Waals surface area contributed by atoms with E-state index in [-0.39, 0.29) is 13.2 Å². The van der Waals surface area contributed by atoms with E-state index in [2.05, 4.69) is 10.2 Å². The molecular formula is C10H13NO4. The summed E-state index contributed by atoms with van der Waals surface area (Å²) in [6.07, 6.45) is -0.827. The van der Waals surface area contributed by atoms with Crippen molar-refractivity contribution in [1.29, 1.82) is 0 Å². The van der Waals surface area contributed by atoms with Gasteiger partial charge in [0.1, 0.15) is 12.7 Å². The van der Waals surface area contributed by atoms with Gasteiger partial charge in [-0.05, 0) is 5.56 Å². The Morgan fingerprint density at radius 1 is 1.27 bits per heavy atom. The lowest BCUT2D eigenvalue weighted by molar-refractivity contribution is -0.0233. The average molecular weight is 211 g/mol. The summed E-state index contributed by atoms with van der Waals surface area (Å²) in [5.74, 6) is 0. The minimum atomic E-state index is -0.827. The van der Waals surface area contributed by atoms with E-state index in [9.17, 15) is 10.0 Å². The van der Waals surface area contributed by atoms with Gasteiger partial charge in [-0.15, -0.1) is 4.91 Å². The molecule has 0 bridgehead atoms. The number of benzene rings is 1. The number of aliphatic hydroxyl groups excluding tert-OH is 1. The maximum atomic E-state index is 9.58. The highest BCUT2D eigenvalue weighted by atomic mass is 16.7. The number of ether oxygens (including phenoxy) is 1. The van der Waals surface area contributed by atoms with Gasteiger partial charge in [0.25, 0.3) is 0 Å². The molecule has 0 aromatic heterocycles. The first-order valence-corrected chi connectivity index (χ1v) is 4.57. The number of nitrogens with zero attached hydrogens (tertiary/aromatic N) is 1. The first kappa shape index (κ1) is 11.6. The van der Waals surface area contributed by atoms with Gasteiger partial charge in [0, 0.05) is 0 Å². The molecule has 0 aliphatic rings. The van der Waals surface area contributed by atoms with Crippen LogP contribution >= 0.6 is 0 Å². The quantitative estimate of drug-likeness (QED) is 0.544. The van der Waals surface area contributed by atoms with Crippen LogP contribution in [0.25, 0.3) is 0 Å². The lowest BCUT2D eigenvalue weighted by Crippen LogP contribution is -2.20. The van der Waals surface area contributed by atoms with Crippen LogP contribution in [0.5, 0.6) is 0 Å². The Bertz CT molecular complexity index is 278. The van der Waals surface area contributed by atoms with E-state index in [1.807, 2.05) is 30.3 Å². The van der Waals surface area contributed by atoms with Crippen molar-refractivity contribution in [2.24, 2.45) is 5.34 Å². The second-order valence-electron chi connectivity index (χ2n) is 3.02. The predicted octanol–water partition coefficient (Wildman–Crippen LogP) is 1.26. The second kappa shape index (κ2) is 6.92. The molecule has 82 valence electrons. The van der Waals surface area contributed by atoms with Gasteiger partial charge in [-0.25, -0.2) is 0 Å². The zero-order chi connectivity index (χ0) is 10.9. The monoisotopic (exact) mass is 211 g/mol. The third-order valence-electron chi connectivity index (χ3n) is 1.74. The zero-order valence-electron chi connectivity index (χ0n) is 8.20. The molecular weight excluding hydrogens is 198 g/mol. The highest BCUT2D eigenvalue weighted by Crippen LogP contribution is 2.01. The third-order valence-corrected chi connectivity index (χ3v) is 1.74. The van der Waals surface area contributed by atoms with E-state index in [1.165, 1.54) is 0 Å². The topological polar surface area (TPSA) is 68.1 Å². The Kier molecular flexibility index (Phi) is 5.35. The Morgan fingerprint density at radius 3 is 2.67 bits per heavy atom. The molecule has 0 amide bonds. The fourth-order valence-corrected chi connectivity index (χ4v) is 1.05. The number of hydrogen-bond donors (Lipinski definition) is 1. The lowest BCUT2D eigenvalue weighted by atomic mass is 10.2. The van der Waals surface area contributed by atoms with Crippen molar-refractivity contribution in [3.05, 3.63) is 40.8 Å². The van der Waals surface area contributed by atoms with Gasteiger partial charge in [-0.2, -0.15) is 0 Å². The number of rotatable bonds is 7. The van der Waals surface area contributed by atoms with Crippen molar-refractivity contribution >= 4 is 0 Å². The Balaban J connectivity index is 2.13. The Labute approximate surface area is 87.6 Å². The second-order valence-corrected chi connectivity index (χ2v) is 3.02. The van der Waals surface area contributed by atoms with Crippen LogP contribution in [-0.4, -0.2) is 24.4 Å². The molecule has 0 aliphatic carbocycles. The van der Waals surface area contributed by atoms with E-state index < -0.39 is 6.10 Å². The largest absolute Gasteiger partial charge is 0.387 e. The standard InChI is InChI=1S/C10H13NO4/c12-10(8-15-11-13)7-14-6-9-4-2-1-3-5-9/h1-5,10,12H,6-8H2. The molecule has 0 radical (unpaired) electrons. The molecule has 1 rings (SSSR count). The summed E-state index contributed by atoms with van der Waals surface area (Å²) in [7, 11) is 0. The summed E-state index contributed by atoms with van der Waals surface area (Å²) in [5, 5.41) is 11.4. The predicted molar refractivity (Wildman–Crippen MR) is 53.9 cm³/mol. The fraction of sp³-hybridized carbons (Fsp3) is 0.400. The van der Waals surface area contributed by atoms with Crippen molar-refractivity contribution in [2.45, 2.75) is 12.7 Å². The minimum absolute atomic E-state index is 0.115. The highest BCUT2D eigenvalue weighted by Gasteiger charge is 2.04. The molecule has 0 saturated heterocycles. The molecule has 0 saturated carbocycles. The molecule has 1 N–H and O–H groups in total. The first-order valence-electron chi connectivity index (χ1n) is 4.57. The Hall–Kier alpha value is -1.46. The van der Waals surface area contributed by atoms with E-state index in [4.69, 9.17) is 4.74 Å². The summed E-state index contributed by atoms with van der Waals surface area (Å²) >= 11 is 0. The van der Waals surface area contributed by atoms with Gasteiger partial charge in [-0.3, -0.25) is 0 Å². The molecule has 5 nitrogen and oxygen atoms in total. The number of aliphatic hydroxyl groups is 1. The smallest absolute Gasteiger partial charge is 0.155 e. The molecule has 1 atom stereocenters. The molecule has 1 aromatic carbocycles. The normalized spacial score (nSPS) is 12.1. The van der Waals surface area contributed by atoms with Crippen molar-refractivity contribution in [3.8, 4) is 0 Å². The summed E-state index contributed by atoms with van der Waals surface area (Å²) in [5.41, 5.74) is 1.03. The summed E-state index contributed by atoms with van der Waals surface area (Å²) < 4.78 is 5.20. The van der Waals surface area contributed by atoms with Crippen LogP contribution in [0.2, 0.25) is 0 Å². The molecule has 0 spiro atoms. The van der Waals surface area contributed by atoms with Crippen LogP contribution in [0.4, 0.5) is 0 Å². The van der Waals surface area contributed by atoms with Gasteiger partial charge >= 0.3 is 0 Å². The zero-order valence-corrected chi connectivity index (χ0v) is 8.20. The molecule has 1 unspecified atom stereocenters. The SMILES string of the molecule is O=NOCC(O)COCc1ccccc1. The van der Waals surface area contributed by atoms with Gasteiger partial charge < -0.3 is 14.7 Å². The highest BCUT2D eigenvalue weighted by molar-refractivity contribution is 5.13. The van der Waals surface area contributed by atoms with Gasteiger partial charge in [0.15, 0.2) is 5.34 Å². The van der Waals surface area contributed by atoms with Crippen molar-refractivity contribution < 1.29 is 14.7 Å². The van der Waals surface area contributed by atoms with Gasteiger partial charge in [0.05, 0.1) is 13.2 Å². The lowest BCUT2D eigenvalue weighted by Gasteiger charge is -2.08. The first-order chi connectivity index (χ1) is 7.33. The molecule has 5 heteroatoms. The van der Waals surface area contributed by atoms with E-state index in [1.54, 1.807) is 0 Å². The maximum absolute atomic E-state index is 9.58. The van der Waals surface area contributed by atoms with Crippen LogP contribution in [0, 0.1) is 4.91 Å². The van der Waals surface area contributed by atoms with Crippen molar-refractivity contribution in [1.82, 2.24) is 0 Å². The van der Waals surface area contributed by atoms with Crippen LogP contribution in [0.3, 0.4) is 0 Å². The molecule has 15 heavy (non-hydrogen) atoms. The molecule has 0 aliphatic heterocycles. The minimum Gasteiger partial charge on any atom is -0.387 e. The van der Waals surface area contributed by atoms with Crippen molar-refractivity contribution in [3.63, 3.8) is 0 Å². The average Bonchev–Trinajstić information content (AvgIpc) is 2.28. The summed E-state index contributed by atoms with van der Waals surface area (Å²) in [6, 6.07) is 9.59. The molecule has 0 heterocycles. The fourth-order valence-electron chi connectivity index (χ4n) is 1.05. The van der Waals surface area contributed by atoms with Crippen LogP contribution in [-0.2, 0) is 16.2 Å². The number of hydrogen-bond acceptors (Lipinski definition) is 5. The van der Waals surface area contributed by atoms with E-state index in [0.717, 1.165) is 5.56 Å². The summed E-state index contributed by atoms with van der Waals surface area (Å²) in [4.78, 5) is 13.7. The Morgan fingerprint density at radius 2 is 2.00 bits per heavy atom. The van der Waals surface area contributed by atoms with Gasteiger partial charge in [-0.1, -0.05) is 30.3 Å². The maximum Gasteiger partial charge on any atom is 0.155 e. The van der Waals surface area contributed by atoms with Crippen LogP contribution in [0.15, 0.2) is 35.7 Å². The van der Waals surface area contributed by atoms with Gasteiger partial charge in [0.2, 0.25) is 0 Å². The van der Waals surface area contributed by atoms with Crippen molar-refractivity contribution in [2.75, 3.05) is 13.2 Å². The van der Waals surface area contributed by atoms with E-state index in [0.29, 0.717) is 6.61 Å². The molecule has 1 aromatic rings.